The molecule has 1 atom stereocenters. The zero-order chi connectivity index (χ0) is 21.5. The Labute approximate surface area is 175 Å². The maximum atomic E-state index is 12.2. The molecular weight excluding hydrogens is 386 g/mol. The molecule has 1 unspecified atom stereocenters. The van der Waals surface area contributed by atoms with Crippen LogP contribution in [0.3, 0.4) is 0 Å². The lowest BCUT2D eigenvalue weighted by molar-refractivity contribution is -0.144. The number of methoxy groups -OCH3 is 3. The third-order valence-electron chi connectivity index (χ3n) is 4.91. The van der Waals surface area contributed by atoms with Gasteiger partial charge in [-0.2, -0.15) is 0 Å². The Kier molecular flexibility index (Phi) is 6.95. The normalized spacial score (nSPS) is 14.8. The van der Waals surface area contributed by atoms with Crippen molar-refractivity contribution in [3.8, 4) is 17.2 Å². The minimum absolute atomic E-state index is 0.0397. The summed E-state index contributed by atoms with van der Waals surface area (Å²) in [6, 6.07) is 11.4. The fourth-order valence-electron chi connectivity index (χ4n) is 3.49. The van der Waals surface area contributed by atoms with Crippen LogP contribution in [0.15, 0.2) is 42.5 Å². The van der Waals surface area contributed by atoms with Crippen LogP contribution in [-0.4, -0.2) is 39.8 Å². The van der Waals surface area contributed by atoms with Crippen LogP contribution in [0.25, 0.3) is 6.08 Å². The van der Waals surface area contributed by atoms with E-state index in [9.17, 15) is 9.59 Å². The molecule has 0 aliphatic heterocycles. The number of nitrogens with one attached hydrogen (secondary N) is 1. The number of benzene rings is 2. The van der Waals surface area contributed by atoms with Crippen molar-refractivity contribution in [1.29, 1.82) is 0 Å². The highest BCUT2D eigenvalue weighted by Gasteiger charge is 2.23. The van der Waals surface area contributed by atoms with Crippen LogP contribution < -0.4 is 19.5 Å². The minimum Gasteiger partial charge on any atom is -0.493 e. The van der Waals surface area contributed by atoms with Gasteiger partial charge >= 0.3 is 5.97 Å². The third kappa shape index (κ3) is 4.92. The molecule has 0 spiro atoms. The predicted octanol–water partition coefficient (Wildman–Crippen LogP) is 3.07. The average molecular weight is 411 g/mol. The quantitative estimate of drug-likeness (QED) is 0.531. The van der Waals surface area contributed by atoms with Crippen molar-refractivity contribution >= 4 is 18.0 Å². The fourth-order valence-corrected chi connectivity index (χ4v) is 3.49. The van der Waals surface area contributed by atoms with Crippen molar-refractivity contribution in [1.82, 2.24) is 5.32 Å². The van der Waals surface area contributed by atoms with Gasteiger partial charge in [0.2, 0.25) is 5.75 Å². The molecule has 1 amide bonds. The van der Waals surface area contributed by atoms with Crippen LogP contribution in [0.2, 0.25) is 0 Å². The first kappa shape index (κ1) is 21.2. The number of hydrogen-bond acceptors (Lipinski definition) is 6. The molecule has 0 saturated heterocycles. The Morgan fingerprint density at radius 3 is 2.43 bits per heavy atom. The van der Waals surface area contributed by atoms with Gasteiger partial charge in [-0.25, -0.2) is 4.79 Å². The van der Waals surface area contributed by atoms with E-state index in [4.69, 9.17) is 18.9 Å². The lowest BCUT2D eigenvalue weighted by Gasteiger charge is -2.14. The van der Waals surface area contributed by atoms with Gasteiger partial charge in [-0.3, -0.25) is 4.79 Å². The number of aryl methyl sites for hydroxylation is 1. The summed E-state index contributed by atoms with van der Waals surface area (Å²) >= 11 is 0. The van der Waals surface area contributed by atoms with Crippen molar-refractivity contribution < 1.29 is 28.5 Å². The third-order valence-corrected chi connectivity index (χ3v) is 4.91. The molecule has 0 fully saturated rings. The molecule has 2 aromatic rings. The van der Waals surface area contributed by atoms with Crippen LogP contribution in [-0.2, 0) is 20.7 Å². The number of hydrogen-bond donors (Lipinski definition) is 1. The molecule has 0 heterocycles. The standard InChI is InChI=1S/C23H25NO6/c1-27-19-12-15(13-20(28-2)23(19)29-3)8-11-22(26)30-14-21(25)24-18-10-9-16-6-4-5-7-17(16)18/h4-8,11-13,18H,9-10,14H2,1-3H3,(H,24,25)/b11-8+. The van der Waals surface area contributed by atoms with Crippen molar-refractivity contribution in [2.45, 2.75) is 18.9 Å². The van der Waals surface area contributed by atoms with E-state index < -0.39 is 5.97 Å². The molecule has 0 aromatic heterocycles. The Bertz CT molecular complexity index is 927. The van der Waals surface area contributed by atoms with Crippen LogP contribution in [0.5, 0.6) is 17.2 Å². The predicted molar refractivity (Wildman–Crippen MR) is 112 cm³/mol. The van der Waals surface area contributed by atoms with E-state index in [1.807, 2.05) is 18.2 Å². The van der Waals surface area contributed by atoms with E-state index in [-0.39, 0.29) is 18.6 Å². The van der Waals surface area contributed by atoms with Gasteiger partial charge in [0.25, 0.3) is 5.91 Å². The first-order chi connectivity index (χ1) is 14.5. The maximum absolute atomic E-state index is 12.2. The molecule has 1 N–H and O–H groups in total. The molecule has 7 heteroatoms. The number of rotatable bonds is 8. The number of fused-ring (bicyclic) bond motifs is 1. The van der Waals surface area contributed by atoms with E-state index in [1.54, 1.807) is 18.2 Å². The molecule has 3 rings (SSSR count). The monoisotopic (exact) mass is 411 g/mol. The largest absolute Gasteiger partial charge is 0.493 e. The highest BCUT2D eigenvalue weighted by molar-refractivity contribution is 5.89. The summed E-state index contributed by atoms with van der Waals surface area (Å²) in [4.78, 5) is 24.2. The summed E-state index contributed by atoms with van der Waals surface area (Å²) < 4.78 is 20.9. The molecule has 0 bridgehead atoms. The topological polar surface area (TPSA) is 83.1 Å². The van der Waals surface area contributed by atoms with Crippen LogP contribution in [0, 0.1) is 0 Å². The van der Waals surface area contributed by atoms with Crippen LogP contribution >= 0.6 is 0 Å². The molecule has 30 heavy (non-hydrogen) atoms. The number of carbonyl (C=O) groups is 2. The first-order valence-electron chi connectivity index (χ1n) is 9.57. The first-order valence-corrected chi connectivity index (χ1v) is 9.57. The molecular formula is C23H25NO6. The summed E-state index contributed by atoms with van der Waals surface area (Å²) in [5, 5.41) is 2.92. The summed E-state index contributed by atoms with van der Waals surface area (Å²) in [5.74, 6) is 0.462. The Morgan fingerprint density at radius 2 is 1.77 bits per heavy atom. The van der Waals surface area contributed by atoms with E-state index in [0.29, 0.717) is 22.8 Å². The molecule has 1 aliphatic carbocycles. The SMILES string of the molecule is COc1cc(/C=C/C(=O)OCC(=O)NC2CCc3ccccc32)cc(OC)c1OC. The number of esters is 1. The van der Waals surface area contributed by atoms with Gasteiger partial charge in [-0.1, -0.05) is 24.3 Å². The van der Waals surface area contributed by atoms with Crippen molar-refractivity contribution in [3.05, 3.63) is 59.2 Å². The summed E-state index contributed by atoms with van der Waals surface area (Å²) in [6.07, 6.45) is 4.58. The molecule has 7 nitrogen and oxygen atoms in total. The highest BCUT2D eigenvalue weighted by atomic mass is 16.5. The molecule has 158 valence electrons. The van der Waals surface area contributed by atoms with E-state index in [2.05, 4.69) is 11.4 Å². The van der Waals surface area contributed by atoms with Crippen LogP contribution in [0.1, 0.15) is 29.2 Å². The lowest BCUT2D eigenvalue weighted by atomic mass is 10.1. The fraction of sp³-hybridized carbons (Fsp3) is 0.304. The average Bonchev–Trinajstić information content (AvgIpc) is 3.18. The van der Waals surface area contributed by atoms with Crippen molar-refractivity contribution in [2.24, 2.45) is 0 Å². The van der Waals surface area contributed by atoms with E-state index in [1.165, 1.54) is 33.0 Å². The van der Waals surface area contributed by atoms with Crippen molar-refractivity contribution in [3.63, 3.8) is 0 Å². The smallest absolute Gasteiger partial charge is 0.331 e. The highest BCUT2D eigenvalue weighted by Crippen LogP contribution is 2.38. The minimum atomic E-state index is -0.620. The maximum Gasteiger partial charge on any atom is 0.331 e. The number of amides is 1. The zero-order valence-corrected chi connectivity index (χ0v) is 17.3. The summed E-state index contributed by atoms with van der Waals surface area (Å²) in [7, 11) is 4.54. The van der Waals surface area contributed by atoms with Gasteiger partial charge in [0, 0.05) is 6.08 Å². The molecule has 1 aliphatic rings. The Balaban J connectivity index is 1.54. The van der Waals surface area contributed by atoms with Crippen molar-refractivity contribution in [2.75, 3.05) is 27.9 Å². The van der Waals surface area contributed by atoms with E-state index >= 15 is 0 Å². The van der Waals surface area contributed by atoms with Gasteiger partial charge in [0.1, 0.15) is 0 Å². The summed E-state index contributed by atoms with van der Waals surface area (Å²) in [5.41, 5.74) is 3.03. The second-order valence-corrected chi connectivity index (χ2v) is 6.76. The Morgan fingerprint density at radius 1 is 1.07 bits per heavy atom. The van der Waals surface area contributed by atoms with Crippen LogP contribution in [0.4, 0.5) is 0 Å². The lowest BCUT2D eigenvalue weighted by Crippen LogP contribution is -2.31. The van der Waals surface area contributed by atoms with Gasteiger partial charge in [0.15, 0.2) is 18.1 Å². The second-order valence-electron chi connectivity index (χ2n) is 6.76. The summed E-state index contributed by atoms with van der Waals surface area (Å²) in [6.45, 7) is -0.336. The molecule has 0 saturated carbocycles. The molecule has 0 radical (unpaired) electrons. The van der Waals surface area contributed by atoms with E-state index in [0.717, 1.165) is 18.4 Å². The Hall–Kier alpha value is -3.48. The molecule has 2 aromatic carbocycles. The van der Waals surface area contributed by atoms with Gasteiger partial charge in [-0.15, -0.1) is 0 Å². The van der Waals surface area contributed by atoms with Gasteiger partial charge in [0.05, 0.1) is 27.4 Å². The van der Waals surface area contributed by atoms with Gasteiger partial charge < -0.3 is 24.3 Å². The number of ether oxygens (including phenoxy) is 4. The van der Waals surface area contributed by atoms with Gasteiger partial charge in [-0.05, 0) is 47.7 Å². The second kappa shape index (κ2) is 9.82. The number of carbonyl (C=O) groups excluding carboxylic acids is 2. The zero-order valence-electron chi connectivity index (χ0n) is 17.3.